The summed E-state index contributed by atoms with van der Waals surface area (Å²) in [5, 5.41) is 0. The first-order valence-electron chi connectivity index (χ1n) is 12.7. The minimum Gasteiger partial charge on any atom is -0.379 e. The summed E-state index contributed by atoms with van der Waals surface area (Å²) in [6.07, 6.45) is 0.00360. The molecule has 2 aromatic carbocycles. The normalized spacial score (nSPS) is 19.5. The Balaban J connectivity index is 1.38. The smallest absolute Gasteiger partial charge is 0.253 e. The molecule has 2 aromatic rings. The van der Waals surface area contributed by atoms with E-state index >= 15 is 0 Å². The number of aryl methyl sites for hydroxylation is 1. The van der Waals surface area contributed by atoms with Crippen LogP contribution in [-0.2, 0) is 16.0 Å². The van der Waals surface area contributed by atoms with Crippen molar-refractivity contribution in [3.05, 3.63) is 65.2 Å². The van der Waals surface area contributed by atoms with Crippen LogP contribution in [0.25, 0.3) is 0 Å². The van der Waals surface area contributed by atoms with Crippen molar-refractivity contribution >= 4 is 11.6 Å². The van der Waals surface area contributed by atoms with Crippen LogP contribution in [0, 0.1) is 6.92 Å². The molecule has 0 aromatic heterocycles. The Hall–Kier alpha value is -2.45. The minimum absolute atomic E-state index is 0.00360. The molecule has 1 atom stereocenters. The second-order valence-corrected chi connectivity index (χ2v) is 9.86. The average Bonchev–Trinajstić information content (AvgIpc) is 2.88. The van der Waals surface area contributed by atoms with Gasteiger partial charge in [-0.2, -0.15) is 0 Å². The van der Waals surface area contributed by atoms with Gasteiger partial charge in [0.15, 0.2) is 0 Å². The zero-order chi connectivity index (χ0) is 24.6. The summed E-state index contributed by atoms with van der Waals surface area (Å²) in [4.78, 5) is 22.4. The van der Waals surface area contributed by atoms with Gasteiger partial charge in [-0.1, -0.05) is 29.8 Å². The molecule has 2 fully saturated rings. The maximum Gasteiger partial charge on any atom is 0.253 e. The number of amides is 1. The number of anilines is 1. The number of morpholine rings is 2. The number of benzene rings is 2. The number of hydrogen-bond donors (Lipinski definition) is 0. The monoisotopic (exact) mass is 480 g/mol. The molecule has 2 aliphatic rings. The predicted molar refractivity (Wildman–Crippen MR) is 140 cm³/mol. The molecule has 35 heavy (non-hydrogen) atoms. The number of hydrogen-bond acceptors (Lipinski definition) is 6. The van der Waals surface area contributed by atoms with Gasteiger partial charge in [0.05, 0.1) is 25.9 Å². The Kier molecular flexibility index (Phi) is 9.15. The highest BCUT2D eigenvalue weighted by atomic mass is 16.5. The van der Waals surface area contributed by atoms with E-state index in [1.165, 1.54) is 11.3 Å². The Morgan fingerprint density at radius 2 is 1.63 bits per heavy atom. The molecule has 7 heteroatoms. The highest BCUT2D eigenvalue weighted by Gasteiger charge is 2.26. The van der Waals surface area contributed by atoms with Gasteiger partial charge in [0.25, 0.3) is 5.91 Å². The topological polar surface area (TPSA) is 48.5 Å². The van der Waals surface area contributed by atoms with E-state index in [0.717, 1.165) is 63.6 Å². The largest absolute Gasteiger partial charge is 0.379 e. The van der Waals surface area contributed by atoms with Crippen molar-refractivity contribution in [2.24, 2.45) is 0 Å². The van der Waals surface area contributed by atoms with Gasteiger partial charge >= 0.3 is 0 Å². The highest BCUT2D eigenvalue weighted by molar-refractivity contribution is 5.94. The van der Waals surface area contributed by atoms with Crippen molar-refractivity contribution in [3.8, 4) is 0 Å². The summed E-state index contributed by atoms with van der Waals surface area (Å²) >= 11 is 0. The Bertz CT molecular complexity index is 926. The van der Waals surface area contributed by atoms with Crippen LogP contribution >= 0.6 is 0 Å². The summed E-state index contributed by atoms with van der Waals surface area (Å²) in [5.74, 6) is 0.0817. The summed E-state index contributed by atoms with van der Waals surface area (Å²) in [6.45, 7) is 10.9. The fraction of sp³-hybridized carbons (Fsp3) is 0.536. The van der Waals surface area contributed by atoms with Crippen LogP contribution in [0.4, 0.5) is 5.69 Å². The van der Waals surface area contributed by atoms with Crippen molar-refractivity contribution < 1.29 is 14.3 Å². The van der Waals surface area contributed by atoms with Gasteiger partial charge in [0, 0.05) is 77.7 Å². The molecule has 2 saturated heterocycles. The third-order valence-electron chi connectivity index (χ3n) is 6.88. The van der Waals surface area contributed by atoms with Crippen LogP contribution in [0.3, 0.4) is 0 Å². The first-order chi connectivity index (χ1) is 17.0. The van der Waals surface area contributed by atoms with E-state index in [1.54, 1.807) is 0 Å². The van der Waals surface area contributed by atoms with Crippen LogP contribution < -0.4 is 4.90 Å². The van der Waals surface area contributed by atoms with Gasteiger partial charge in [0.1, 0.15) is 0 Å². The predicted octanol–water partition coefficient (Wildman–Crippen LogP) is 2.74. The van der Waals surface area contributed by atoms with Gasteiger partial charge in [-0.05, 0) is 36.8 Å². The summed E-state index contributed by atoms with van der Waals surface area (Å²) in [5.41, 5.74) is 4.41. The van der Waals surface area contributed by atoms with Gasteiger partial charge in [-0.15, -0.1) is 0 Å². The first-order valence-corrected chi connectivity index (χ1v) is 12.7. The van der Waals surface area contributed by atoms with Gasteiger partial charge in [-0.25, -0.2) is 0 Å². The van der Waals surface area contributed by atoms with E-state index in [9.17, 15) is 4.79 Å². The standard InChI is InChI=1S/C28H40N4O3/c1-23-4-8-25(9-5-23)28(33)32(13-12-30-14-17-34-18-15-30)22-27-21-31(16-19-35-27)20-24-6-10-26(11-7-24)29(2)3/h4-11,27H,12-22H2,1-3H3. The molecule has 0 radical (unpaired) electrons. The molecule has 0 bridgehead atoms. The summed E-state index contributed by atoms with van der Waals surface area (Å²) in [6, 6.07) is 16.6. The Labute approximate surface area is 210 Å². The van der Waals surface area contributed by atoms with Gasteiger partial charge in [-0.3, -0.25) is 14.6 Å². The third kappa shape index (κ3) is 7.51. The van der Waals surface area contributed by atoms with Gasteiger partial charge in [0.2, 0.25) is 0 Å². The van der Waals surface area contributed by atoms with E-state index in [-0.39, 0.29) is 12.0 Å². The molecule has 0 aliphatic carbocycles. The third-order valence-corrected chi connectivity index (χ3v) is 6.88. The van der Waals surface area contributed by atoms with Crippen LogP contribution in [0.15, 0.2) is 48.5 Å². The molecule has 0 saturated carbocycles. The maximum absolute atomic E-state index is 13.5. The molecule has 4 rings (SSSR count). The lowest BCUT2D eigenvalue weighted by Crippen LogP contribution is -2.50. The van der Waals surface area contributed by atoms with E-state index in [1.807, 2.05) is 36.1 Å². The number of ether oxygens (including phenoxy) is 2. The van der Waals surface area contributed by atoms with Gasteiger partial charge < -0.3 is 19.3 Å². The first kappa shape index (κ1) is 25.6. The fourth-order valence-corrected chi connectivity index (χ4v) is 4.68. The molecule has 2 aliphatic heterocycles. The second-order valence-electron chi connectivity index (χ2n) is 9.86. The number of carbonyl (C=O) groups is 1. The lowest BCUT2D eigenvalue weighted by molar-refractivity contribution is -0.0443. The van der Waals surface area contributed by atoms with Crippen molar-refractivity contribution in [1.29, 1.82) is 0 Å². The van der Waals surface area contributed by atoms with Crippen molar-refractivity contribution in [1.82, 2.24) is 14.7 Å². The zero-order valence-corrected chi connectivity index (χ0v) is 21.5. The van der Waals surface area contributed by atoms with E-state index < -0.39 is 0 Å². The highest BCUT2D eigenvalue weighted by Crippen LogP contribution is 2.17. The van der Waals surface area contributed by atoms with Crippen LogP contribution in [-0.4, -0.2) is 106 Å². The average molecular weight is 481 g/mol. The number of nitrogens with zero attached hydrogens (tertiary/aromatic N) is 4. The van der Waals surface area contributed by atoms with Crippen LogP contribution in [0.2, 0.25) is 0 Å². The maximum atomic E-state index is 13.5. The minimum atomic E-state index is 0.00360. The second kappa shape index (κ2) is 12.5. The molecule has 1 unspecified atom stereocenters. The summed E-state index contributed by atoms with van der Waals surface area (Å²) in [7, 11) is 4.12. The molecular weight excluding hydrogens is 440 g/mol. The molecule has 190 valence electrons. The lowest BCUT2D eigenvalue weighted by Gasteiger charge is -2.37. The Morgan fingerprint density at radius 1 is 0.943 bits per heavy atom. The van der Waals surface area contributed by atoms with Crippen LogP contribution in [0.5, 0.6) is 0 Å². The summed E-state index contributed by atoms with van der Waals surface area (Å²) < 4.78 is 11.6. The number of rotatable bonds is 9. The molecule has 0 N–H and O–H groups in total. The molecule has 0 spiro atoms. The Morgan fingerprint density at radius 3 is 2.31 bits per heavy atom. The fourth-order valence-electron chi connectivity index (χ4n) is 4.68. The SMILES string of the molecule is Cc1ccc(C(=O)N(CCN2CCOCC2)CC2CN(Cc3ccc(N(C)C)cc3)CCO2)cc1. The van der Waals surface area contributed by atoms with Crippen molar-refractivity contribution in [3.63, 3.8) is 0 Å². The van der Waals surface area contributed by atoms with E-state index in [2.05, 4.69) is 53.1 Å². The van der Waals surface area contributed by atoms with E-state index in [4.69, 9.17) is 9.47 Å². The molecule has 2 heterocycles. The molecule has 1 amide bonds. The number of carbonyl (C=O) groups excluding carboxylic acids is 1. The molecule has 7 nitrogen and oxygen atoms in total. The zero-order valence-electron chi connectivity index (χ0n) is 21.5. The molecular formula is C28H40N4O3. The van der Waals surface area contributed by atoms with E-state index in [0.29, 0.717) is 19.7 Å². The van der Waals surface area contributed by atoms with Crippen molar-refractivity contribution in [2.45, 2.75) is 19.6 Å². The van der Waals surface area contributed by atoms with Crippen molar-refractivity contribution in [2.75, 3.05) is 84.6 Å². The lowest BCUT2D eigenvalue weighted by atomic mass is 10.1. The van der Waals surface area contributed by atoms with Crippen LogP contribution in [0.1, 0.15) is 21.5 Å². The quantitative estimate of drug-likeness (QED) is 0.550.